The molecule has 0 aromatic carbocycles. The number of hydroxylamine groups is 2. The summed E-state index contributed by atoms with van der Waals surface area (Å²) in [4.78, 5) is 49.7. The molecule has 0 saturated heterocycles. The Morgan fingerprint density at radius 1 is 0.828 bits per heavy atom. The van der Waals surface area contributed by atoms with Crippen LogP contribution in [0.15, 0.2) is 0 Å². The maximum absolute atomic E-state index is 11.1. The van der Waals surface area contributed by atoms with Gasteiger partial charge < -0.3 is 50.2 Å². The molecule has 0 radical (unpaired) electrons. The summed E-state index contributed by atoms with van der Waals surface area (Å²) in [6.45, 7) is -2.54. The largest absolute Gasteiger partial charge is 1.00 e. The maximum atomic E-state index is 11.1. The Morgan fingerprint density at radius 2 is 1.21 bits per heavy atom. The minimum absolute atomic E-state index is 0. The van der Waals surface area contributed by atoms with E-state index in [4.69, 9.17) is 10.6 Å². The molecule has 16 heteroatoms. The van der Waals surface area contributed by atoms with Crippen molar-refractivity contribution in [3.8, 4) is 0 Å². The van der Waals surface area contributed by atoms with Crippen LogP contribution >= 0.6 is 0 Å². The topological polar surface area (TPSA) is 202 Å². The molecule has 0 bridgehead atoms. The quantitative estimate of drug-likeness (QED) is 0.192. The summed E-state index contributed by atoms with van der Waals surface area (Å²) in [6, 6.07) is 0. The van der Waals surface area contributed by atoms with E-state index in [9.17, 15) is 39.6 Å². The number of nitrogens with two attached hydrogens (primary N) is 1. The molecule has 0 aliphatic rings. The Bertz CT molecular complexity index is 482. The first-order valence-electron chi connectivity index (χ1n) is 7.10. The van der Waals surface area contributed by atoms with Crippen molar-refractivity contribution in [1.82, 2.24) is 9.96 Å². The third kappa shape index (κ3) is 17.9. The average molecular weight is 453 g/mol. The molecule has 0 unspecified atom stereocenters. The molecule has 0 fully saturated rings. The van der Waals surface area contributed by atoms with Gasteiger partial charge in [-0.05, 0) is 0 Å². The molecule has 144 valence electrons. The molecule has 0 saturated carbocycles. The fourth-order valence-electron chi connectivity index (χ4n) is 2.45. The van der Waals surface area contributed by atoms with E-state index in [0.717, 1.165) is 5.06 Å². The van der Waals surface area contributed by atoms with Gasteiger partial charge in [0, 0.05) is 63.0 Å². The number of hydrogen-bond donors (Lipinski definition) is 1. The van der Waals surface area contributed by atoms with Gasteiger partial charge in [-0.3, -0.25) is 4.90 Å². The van der Waals surface area contributed by atoms with Crippen LogP contribution in [-0.4, -0.2) is 79.2 Å². The van der Waals surface area contributed by atoms with Gasteiger partial charge in [-0.15, -0.1) is 0 Å². The maximum Gasteiger partial charge on any atom is 1.00 e. The van der Waals surface area contributed by atoms with Crippen molar-refractivity contribution in [3.63, 3.8) is 0 Å². The van der Waals surface area contributed by atoms with Crippen molar-refractivity contribution in [1.29, 1.82) is 0 Å². The van der Waals surface area contributed by atoms with Gasteiger partial charge in [0.2, 0.25) is 0 Å². The molecular formula is C13H19N3Na4O9. The van der Waals surface area contributed by atoms with Crippen molar-refractivity contribution >= 4 is 23.9 Å². The van der Waals surface area contributed by atoms with Crippen LogP contribution in [0.2, 0.25) is 0 Å². The Kier molecular flexibility index (Phi) is 30.5. The van der Waals surface area contributed by atoms with Crippen molar-refractivity contribution < 1.29 is 163 Å². The molecule has 0 aliphatic carbocycles. The third-order valence-corrected chi connectivity index (χ3v) is 3.36. The molecule has 29 heavy (non-hydrogen) atoms. The van der Waals surface area contributed by atoms with Crippen LogP contribution in [0.5, 0.6) is 0 Å². The smallest absolute Gasteiger partial charge is 0.550 e. The van der Waals surface area contributed by atoms with Crippen LogP contribution in [0, 0.1) is 0 Å². The van der Waals surface area contributed by atoms with Crippen LogP contribution in [0.3, 0.4) is 0 Å². The number of carboxylic acid groups (broad SMARTS) is 4. The van der Waals surface area contributed by atoms with Gasteiger partial charge in [-0.2, -0.15) is 5.06 Å². The van der Waals surface area contributed by atoms with E-state index >= 15 is 0 Å². The van der Waals surface area contributed by atoms with Gasteiger partial charge in [0.1, 0.15) is 0 Å². The van der Waals surface area contributed by atoms with Gasteiger partial charge in [0.15, 0.2) is 0 Å². The first-order chi connectivity index (χ1) is 11.6. The molecule has 0 aliphatic heterocycles. The van der Waals surface area contributed by atoms with Gasteiger partial charge in [-0.25, -0.2) is 0 Å². The van der Waals surface area contributed by atoms with E-state index in [1.807, 2.05) is 0 Å². The van der Waals surface area contributed by atoms with E-state index < -0.39 is 61.9 Å². The first kappa shape index (κ1) is 41.0. The van der Waals surface area contributed by atoms with Gasteiger partial charge in [0.05, 0.1) is 19.0 Å². The summed E-state index contributed by atoms with van der Waals surface area (Å²) in [5.74, 6) is -6.95. The van der Waals surface area contributed by atoms with E-state index in [0.29, 0.717) is 4.90 Å². The zero-order valence-electron chi connectivity index (χ0n) is 17.6. The SMILES string of the molecule is CON(CCN)CC(CC(=O)[O-])(CC(=O)[O-])N(CC(=O)[O-])CC(=O)[O-].[Na+].[Na+].[Na+].[Na+]. The number of hydrogen-bond acceptors (Lipinski definition) is 12. The summed E-state index contributed by atoms with van der Waals surface area (Å²) in [5.41, 5.74) is 3.32. The van der Waals surface area contributed by atoms with Crippen molar-refractivity contribution in [3.05, 3.63) is 0 Å². The standard InChI is InChI=1S/C13H23N3O9.4Na/c1-25-16(3-2-14)8-13(4-9(17)18,5-10(19)20)15(6-11(21)22)7-12(23)24;;;;/h2-8,14H2,1H3,(H,17,18)(H,19,20)(H,21,22)(H,23,24);;;;/q;4*+1/p-4. The monoisotopic (exact) mass is 453 g/mol. The Labute approximate surface area is 257 Å². The fraction of sp³-hybridized carbons (Fsp3) is 0.692. The summed E-state index contributed by atoms with van der Waals surface area (Å²) < 4.78 is 0. The zero-order valence-corrected chi connectivity index (χ0v) is 25.6. The van der Waals surface area contributed by atoms with E-state index in [2.05, 4.69) is 0 Å². The number of carbonyl (C=O) groups is 4. The molecule has 0 amide bonds. The number of carboxylic acids is 4. The third-order valence-electron chi connectivity index (χ3n) is 3.36. The first-order valence-corrected chi connectivity index (χ1v) is 7.10. The van der Waals surface area contributed by atoms with E-state index in [-0.39, 0.29) is 131 Å². The Balaban J connectivity index is -0.000000480. The minimum Gasteiger partial charge on any atom is -0.550 e. The Morgan fingerprint density at radius 3 is 1.45 bits per heavy atom. The van der Waals surface area contributed by atoms with Gasteiger partial charge in [-0.1, -0.05) is 0 Å². The molecule has 0 aromatic heterocycles. The van der Waals surface area contributed by atoms with Crippen molar-refractivity contribution in [2.24, 2.45) is 5.73 Å². The molecule has 12 nitrogen and oxygen atoms in total. The fourth-order valence-corrected chi connectivity index (χ4v) is 2.45. The normalized spacial score (nSPS) is 10.1. The van der Waals surface area contributed by atoms with Crippen LogP contribution < -0.4 is 144 Å². The number of rotatable bonds is 14. The van der Waals surface area contributed by atoms with Gasteiger partial charge >= 0.3 is 118 Å². The predicted molar refractivity (Wildman–Crippen MR) is 71.2 cm³/mol. The summed E-state index contributed by atoms with van der Waals surface area (Å²) in [5, 5.41) is 45.2. The van der Waals surface area contributed by atoms with E-state index in [1.54, 1.807) is 0 Å². The van der Waals surface area contributed by atoms with Crippen LogP contribution in [0.1, 0.15) is 12.8 Å². The van der Waals surface area contributed by atoms with Crippen LogP contribution in [0.4, 0.5) is 0 Å². The van der Waals surface area contributed by atoms with Crippen LogP contribution in [-0.2, 0) is 24.0 Å². The predicted octanol–water partition coefficient (Wildman–Crippen LogP) is -19.4. The molecule has 0 aromatic rings. The summed E-state index contributed by atoms with van der Waals surface area (Å²) >= 11 is 0. The second-order valence-electron chi connectivity index (χ2n) is 5.26. The molecule has 0 rings (SSSR count). The Hall–Kier alpha value is 1.72. The number of nitrogens with zero attached hydrogens (tertiary/aromatic N) is 2. The average Bonchev–Trinajstić information content (AvgIpc) is 2.43. The molecule has 0 spiro atoms. The molecule has 0 atom stereocenters. The molecular weight excluding hydrogens is 434 g/mol. The number of aliphatic carboxylic acids is 4. The van der Waals surface area contributed by atoms with E-state index in [1.165, 1.54) is 7.11 Å². The minimum atomic E-state index is -2.04. The molecule has 2 N–H and O–H groups in total. The molecule has 0 heterocycles. The second-order valence-corrected chi connectivity index (χ2v) is 5.26. The zero-order chi connectivity index (χ0) is 19.6. The number of carbonyl (C=O) groups excluding carboxylic acids is 4. The van der Waals surface area contributed by atoms with Crippen LogP contribution in [0.25, 0.3) is 0 Å². The van der Waals surface area contributed by atoms with Crippen molar-refractivity contribution in [2.75, 3.05) is 39.8 Å². The van der Waals surface area contributed by atoms with Gasteiger partial charge in [0.25, 0.3) is 0 Å². The van der Waals surface area contributed by atoms with Crippen molar-refractivity contribution in [2.45, 2.75) is 18.4 Å². The second kappa shape index (κ2) is 21.6. The summed E-state index contributed by atoms with van der Waals surface area (Å²) in [7, 11) is 1.19. The summed E-state index contributed by atoms with van der Waals surface area (Å²) in [6.07, 6.45) is -2.02.